The van der Waals surface area contributed by atoms with Crippen molar-refractivity contribution in [2.45, 2.75) is 47.5 Å². The molecule has 1 rings (SSSR count). The van der Waals surface area contributed by atoms with Gasteiger partial charge in [0.1, 0.15) is 5.76 Å². The SMILES string of the molecule is CC1(C)CC(=O)C(C(C)(C)C)=C(O)C1. The molecule has 2 heteroatoms. The third-order valence-electron chi connectivity index (χ3n) is 2.60. The molecule has 14 heavy (non-hydrogen) atoms. The number of carbonyl (C=O) groups excluding carboxylic acids is 1. The third kappa shape index (κ3) is 2.17. The Kier molecular flexibility index (Phi) is 2.51. The Bertz CT molecular complexity index is 290. The van der Waals surface area contributed by atoms with Crippen LogP contribution in [0.1, 0.15) is 47.5 Å². The van der Waals surface area contributed by atoms with Crippen molar-refractivity contribution in [2.75, 3.05) is 0 Å². The Labute approximate surface area is 86.0 Å². The summed E-state index contributed by atoms with van der Waals surface area (Å²) in [6, 6.07) is 0. The lowest BCUT2D eigenvalue weighted by molar-refractivity contribution is -0.119. The third-order valence-corrected chi connectivity index (χ3v) is 2.60. The number of allylic oxidation sites excluding steroid dienone is 2. The molecular formula is C12H20O2. The topological polar surface area (TPSA) is 37.3 Å². The predicted molar refractivity (Wildman–Crippen MR) is 57.1 cm³/mol. The highest BCUT2D eigenvalue weighted by atomic mass is 16.3. The number of rotatable bonds is 0. The van der Waals surface area contributed by atoms with Gasteiger partial charge in [-0.3, -0.25) is 4.79 Å². The molecular weight excluding hydrogens is 176 g/mol. The van der Waals surface area contributed by atoms with Crippen LogP contribution in [-0.2, 0) is 4.79 Å². The van der Waals surface area contributed by atoms with Crippen LogP contribution >= 0.6 is 0 Å². The number of hydrogen-bond donors (Lipinski definition) is 1. The summed E-state index contributed by atoms with van der Waals surface area (Å²) in [6.07, 6.45) is 1.16. The van der Waals surface area contributed by atoms with Crippen molar-refractivity contribution in [3.8, 4) is 0 Å². The van der Waals surface area contributed by atoms with E-state index >= 15 is 0 Å². The monoisotopic (exact) mass is 196 g/mol. The number of carbonyl (C=O) groups is 1. The Balaban J connectivity index is 3.12. The minimum atomic E-state index is -0.238. The van der Waals surface area contributed by atoms with Crippen LogP contribution in [0, 0.1) is 10.8 Å². The van der Waals surface area contributed by atoms with Gasteiger partial charge in [-0.2, -0.15) is 0 Å². The van der Waals surface area contributed by atoms with Crippen molar-refractivity contribution >= 4 is 5.78 Å². The molecule has 0 aromatic heterocycles. The Hall–Kier alpha value is -0.790. The van der Waals surface area contributed by atoms with Crippen molar-refractivity contribution in [1.82, 2.24) is 0 Å². The fraction of sp³-hybridized carbons (Fsp3) is 0.750. The highest BCUT2D eigenvalue weighted by Gasteiger charge is 2.37. The summed E-state index contributed by atoms with van der Waals surface area (Å²) in [6.45, 7) is 9.93. The number of hydrogen-bond acceptors (Lipinski definition) is 2. The standard InChI is InChI=1S/C12H20O2/c1-11(2,3)10-8(13)6-12(4,5)7-9(10)14/h13H,6-7H2,1-5H3. The van der Waals surface area contributed by atoms with Crippen molar-refractivity contribution < 1.29 is 9.90 Å². The van der Waals surface area contributed by atoms with E-state index in [2.05, 4.69) is 0 Å². The lowest BCUT2D eigenvalue weighted by Gasteiger charge is -2.34. The first kappa shape index (κ1) is 11.3. The highest BCUT2D eigenvalue weighted by Crippen LogP contribution is 2.41. The number of ketones is 1. The molecule has 0 saturated carbocycles. The maximum Gasteiger partial charge on any atom is 0.163 e. The highest BCUT2D eigenvalue weighted by molar-refractivity contribution is 5.98. The molecule has 0 saturated heterocycles. The molecule has 1 N–H and O–H groups in total. The molecule has 0 unspecified atom stereocenters. The molecule has 0 aromatic carbocycles. The molecule has 0 amide bonds. The maximum absolute atomic E-state index is 11.8. The van der Waals surface area contributed by atoms with Gasteiger partial charge in [-0.25, -0.2) is 0 Å². The van der Waals surface area contributed by atoms with Gasteiger partial charge in [0.2, 0.25) is 0 Å². The van der Waals surface area contributed by atoms with E-state index in [-0.39, 0.29) is 16.6 Å². The van der Waals surface area contributed by atoms with Gasteiger partial charge < -0.3 is 5.11 Å². The average molecular weight is 196 g/mol. The van der Waals surface area contributed by atoms with E-state index < -0.39 is 0 Å². The van der Waals surface area contributed by atoms with E-state index in [1.54, 1.807) is 0 Å². The lowest BCUT2D eigenvalue weighted by atomic mass is 9.70. The Morgan fingerprint density at radius 1 is 1.21 bits per heavy atom. The first-order valence-electron chi connectivity index (χ1n) is 5.09. The van der Waals surface area contributed by atoms with Crippen molar-refractivity contribution in [3.05, 3.63) is 11.3 Å². The lowest BCUT2D eigenvalue weighted by Crippen LogP contribution is -2.31. The van der Waals surface area contributed by atoms with Crippen LogP contribution in [0.15, 0.2) is 11.3 Å². The fourth-order valence-corrected chi connectivity index (χ4v) is 2.14. The van der Waals surface area contributed by atoms with Crippen LogP contribution in [-0.4, -0.2) is 10.9 Å². The minimum Gasteiger partial charge on any atom is -0.512 e. The number of aliphatic hydroxyl groups excluding tert-OH is 1. The summed E-state index contributed by atoms with van der Waals surface area (Å²) in [4.78, 5) is 11.8. The molecule has 80 valence electrons. The summed E-state index contributed by atoms with van der Waals surface area (Å²) in [7, 11) is 0. The normalized spacial score (nSPS) is 22.8. The van der Waals surface area contributed by atoms with Gasteiger partial charge in [0, 0.05) is 18.4 Å². The summed E-state index contributed by atoms with van der Waals surface area (Å²) in [5, 5.41) is 9.87. The average Bonchev–Trinajstić information content (AvgIpc) is 1.75. The van der Waals surface area contributed by atoms with Gasteiger partial charge in [0.25, 0.3) is 0 Å². The molecule has 0 aromatic rings. The molecule has 0 aliphatic heterocycles. The van der Waals surface area contributed by atoms with Gasteiger partial charge in [-0.1, -0.05) is 34.6 Å². The van der Waals surface area contributed by atoms with E-state index in [0.29, 0.717) is 24.2 Å². The van der Waals surface area contributed by atoms with E-state index in [1.165, 1.54) is 0 Å². The Morgan fingerprint density at radius 3 is 2.07 bits per heavy atom. The second-order valence-corrected chi connectivity index (χ2v) is 6.01. The van der Waals surface area contributed by atoms with E-state index in [9.17, 15) is 9.90 Å². The van der Waals surface area contributed by atoms with Crippen LogP contribution in [0.2, 0.25) is 0 Å². The smallest absolute Gasteiger partial charge is 0.163 e. The molecule has 0 radical (unpaired) electrons. The second-order valence-electron chi connectivity index (χ2n) is 6.01. The molecule has 0 fully saturated rings. The quantitative estimate of drug-likeness (QED) is 0.645. The summed E-state index contributed by atoms with van der Waals surface area (Å²) < 4.78 is 0. The fourth-order valence-electron chi connectivity index (χ4n) is 2.14. The van der Waals surface area contributed by atoms with Crippen LogP contribution in [0.4, 0.5) is 0 Å². The summed E-state index contributed by atoms with van der Waals surface area (Å²) in [5.41, 5.74) is 0.296. The van der Waals surface area contributed by atoms with E-state index in [4.69, 9.17) is 0 Å². The van der Waals surface area contributed by atoms with Gasteiger partial charge in [0.15, 0.2) is 5.78 Å². The molecule has 2 nitrogen and oxygen atoms in total. The first-order chi connectivity index (χ1) is 6.13. The summed E-state index contributed by atoms with van der Waals surface area (Å²) in [5.74, 6) is 0.394. The van der Waals surface area contributed by atoms with Crippen LogP contribution in [0.5, 0.6) is 0 Å². The summed E-state index contributed by atoms with van der Waals surface area (Å²) >= 11 is 0. The molecule has 0 bridgehead atoms. The zero-order chi connectivity index (χ0) is 11.1. The van der Waals surface area contributed by atoms with Gasteiger partial charge in [-0.15, -0.1) is 0 Å². The zero-order valence-electron chi connectivity index (χ0n) is 9.77. The van der Waals surface area contributed by atoms with E-state index in [1.807, 2.05) is 34.6 Å². The number of Topliss-reactive ketones (excluding diaryl/α,β-unsaturated/α-hetero) is 1. The van der Waals surface area contributed by atoms with Crippen LogP contribution < -0.4 is 0 Å². The molecule has 0 heterocycles. The Morgan fingerprint density at radius 2 is 1.71 bits per heavy atom. The predicted octanol–water partition coefficient (Wildman–Crippen LogP) is 3.23. The second kappa shape index (κ2) is 3.11. The molecule has 1 aliphatic rings. The largest absolute Gasteiger partial charge is 0.512 e. The van der Waals surface area contributed by atoms with Crippen molar-refractivity contribution in [3.63, 3.8) is 0 Å². The molecule has 0 atom stereocenters. The van der Waals surface area contributed by atoms with Gasteiger partial charge in [-0.05, 0) is 10.8 Å². The molecule has 1 aliphatic carbocycles. The molecule has 0 spiro atoms. The van der Waals surface area contributed by atoms with Gasteiger partial charge in [0.05, 0.1) is 0 Å². The minimum absolute atomic E-state index is 0.0874. The van der Waals surface area contributed by atoms with Crippen molar-refractivity contribution in [1.29, 1.82) is 0 Å². The first-order valence-corrected chi connectivity index (χ1v) is 5.09. The maximum atomic E-state index is 11.8. The van der Waals surface area contributed by atoms with Crippen molar-refractivity contribution in [2.24, 2.45) is 10.8 Å². The number of aliphatic hydroxyl groups is 1. The zero-order valence-corrected chi connectivity index (χ0v) is 9.77. The van der Waals surface area contributed by atoms with E-state index in [0.717, 1.165) is 0 Å². The van der Waals surface area contributed by atoms with Crippen LogP contribution in [0.3, 0.4) is 0 Å². The van der Waals surface area contributed by atoms with Gasteiger partial charge >= 0.3 is 0 Å². The van der Waals surface area contributed by atoms with Crippen LogP contribution in [0.25, 0.3) is 0 Å².